The van der Waals surface area contributed by atoms with Crippen LogP contribution in [0.15, 0.2) is 48.8 Å². The monoisotopic (exact) mass is 341 g/mol. The fourth-order valence-electron chi connectivity index (χ4n) is 2.42. The Balaban J connectivity index is 1.52. The van der Waals surface area contributed by atoms with Crippen molar-refractivity contribution in [2.45, 2.75) is 19.3 Å². The lowest BCUT2D eigenvalue weighted by Crippen LogP contribution is -2.14. The first-order valence-corrected chi connectivity index (χ1v) is 8.81. The van der Waals surface area contributed by atoms with E-state index in [9.17, 15) is 4.79 Å². The second-order valence-corrected chi connectivity index (χ2v) is 6.59. The molecular formula is C18H19N3O2S. The number of amides is 1. The Morgan fingerprint density at radius 3 is 3.00 bits per heavy atom. The number of aromatic nitrogens is 2. The van der Waals surface area contributed by atoms with Crippen LogP contribution in [0.1, 0.15) is 16.8 Å². The normalized spacial score (nSPS) is 10.9. The topological polar surface area (TPSA) is 66.6 Å². The predicted octanol–water partition coefficient (Wildman–Crippen LogP) is 3.01. The van der Waals surface area contributed by atoms with Crippen molar-refractivity contribution in [1.29, 1.82) is 0 Å². The number of imidazole rings is 1. The number of carbonyl (C=O) groups excluding carboxylic acids is 1. The summed E-state index contributed by atoms with van der Waals surface area (Å²) in [5.74, 6) is 0.982. The van der Waals surface area contributed by atoms with Crippen molar-refractivity contribution in [1.82, 2.24) is 9.38 Å². The van der Waals surface area contributed by atoms with E-state index in [1.54, 1.807) is 6.07 Å². The highest BCUT2D eigenvalue weighted by Crippen LogP contribution is 2.15. The van der Waals surface area contributed by atoms with E-state index in [0.29, 0.717) is 17.2 Å². The molecule has 0 fully saturated rings. The summed E-state index contributed by atoms with van der Waals surface area (Å²) in [5.41, 5.74) is 4.54. The van der Waals surface area contributed by atoms with Gasteiger partial charge in [0.05, 0.1) is 18.1 Å². The van der Waals surface area contributed by atoms with Crippen LogP contribution in [0.4, 0.5) is 5.69 Å². The Hall–Kier alpha value is -2.31. The first-order valence-electron chi connectivity index (χ1n) is 7.65. The minimum Gasteiger partial charge on any atom is -0.392 e. The molecule has 0 unspecified atom stereocenters. The molecule has 0 spiro atoms. The van der Waals surface area contributed by atoms with Crippen LogP contribution in [0.25, 0.3) is 5.65 Å². The third-order valence-electron chi connectivity index (χ3n) is 3.53. The maximum absolute atomic E-state index is 12.0. The van der Waals surface area contributed by atoms with E-state index in [0.717, 1.165) is 16.9 Å². The molecule has 2 aromatic heterocycles. The molecule has 6 heteroatoms. The average molecular weight is 341 g/mol. The molecule has 0 saturated heterocycles. The second-order valence-electron chi connectivity index (χ2n) is 5.60. The second kappa shape index (κ2) is 7.51. The van der Waals surface area contributed by atoms with Crippen molar-refractivity contribution >= 4 is 29.0 Å². The van der Waals surface area contributed by atoms with Crippen molar-refractivity contribution < 1.29 is 9.90 Å². The number of hydrogen-bond acceptors (Lipinski definition) is 4. The van der Waals surface area contributed by atoms with Crippen LogP contribution in [0, 0.1) is 6.92 Å². The van der Waals surface area contributed by atoms with E-state index in [4.69, 9.17) is 5.11 Å². The molecule has 2 heterocycles. The molecular weight excluding hydrogens is 322 g/mol. The highest BCUT2D eigenvalue weighted by atomic mass is 32.2. The number of hydrogen-bond donors (Lipinski definition) is 2. The molecule has 0 aliphatic carbocycles. The summed E-state index contributed by atoms with van der Waals surface area (Å²) in [6, 6.07) is 11.2. The third kappa shape index (κ3) is 4.15. The molecule has 0 bridgehead atoms. The fraction of sp³-hybridized carbons (Fsp3) is 0.222. The molecule has 0 aliphatic rings. The number of rotatable bonds is 6. The molecule has 0 saturated carbocycles. The van der Waals surface area contributed by atoms with Crippen LogP contribution in [-0.2, 0) is 17.2 Å². The minimum atomic E-state index is -0.0605. The van der Waals surface area contributed by atoms with Gasteiger partial charge in [0.15, 0.2) is 0 Å². The Morgan fingerprint density at radius 2 is 2.17 bits per heavy atom. The van der Waals surface area contributed by atoms with Gasteiger partial charge in [0.25, 0.3) is 0 Å². The Labute approximate surface area is 144 Å². The molecule has 3 rings (SSSR count). The lowest BCUT2D eigenvalue weighted by molar-refractivity contribution is -0.113. The van der Waals surface area contributed by atoms with Crippen molar-refractivity contribution in [2.75, 3.05) is 11.1 Å². The van der Waals surface area contributed by atoms with Gasteiger partial charge in [0, 0.05) is 23.8 Å². The van der Waals surface area contributed by atoms with Crippen molar-refractivity contribution in [3.63, 3.8) is 0 Å². The molecule has 1 aromatic carbocycles. The molecule has 3 aromatic rings. The zero-order valence-electron chi connectivity index (χ0n) is 13.4. The van der Waals surface area contributed by atoms with E-state index in [-0.39, 0.29) is 12.5 Å². The summed E-state index contributed by atoms with van der Waals surface area (Å²) < 4.78 is 2.01. The minimum absolute atomic E-state index is 0.0359. The Kier molecular flexibility index (Phi) is 5.17. The third-order valence-corrected chi connectivity index (χ3v) is 4.49. The first kappa shape index (κ1) is 16.5. The van der Waals surface area contributed by atoms with Gasteiger partial charge in [-0.15, -0.1) is 11.8 Å². The number of aliphatic hydroxyl groups is 1. The number of pyridine rings is 1. The first-order chi connectivity index (χ1) is 11.6. The number of carbonyl (C=O) groups is 1. The smallest absolute Gasteiger partial charge is 0.234 e. The summed E-state index contributed by atoms with van der Waals surface area (Å²) >= 11 is 1.53. The Morgan fingerprint density at radius 1 is 1.29 bits per heavy atom. The lowest BCUT2D eigenvalue weighted by Gasteiger charge is -2.06. The number of aliphatic hydroxyl groups excluding tert-OH is 1. The molecule has 0 radical (unpaired) electrons. The van der Waals surface area contributed by atoms with E-state index < -0.39 is 0 Å². The van der Waals surface area contributed by atoms with Gasteiger partial charge in [-0.1, -0.05) is 18.2 Å². The maximum atomic E-state index is 12.0. The van der Waals surface area contributed by atoms with Crippen molar-refractivity contribution in [3.05, 3.63) is 65.6 Å². The summed E-state index contributed by atoms with van der Waals surface area (Å²) in [4.78, 5) is 16.5. The van der Waals surface area contributed by atoms with Crippen LogP contribution in [0.2, 0.25) is 0 Å². The molecule has 1 amide bonds. The summed E-state index contributed by atoms with van der Waals surface area (Å²) in [7, 11) is 0. The fourth-order valence-corrected chi connectivity index (χ4v) is 3.13. The number of nitrogens with zero attached hydrogens (tertiary/aromatic N) is 2. The number of nitrogens with one attached hydrogen (secondary N) is 1. The van der Waals surface area contributed by atoms with Crippen molar-refractivity contribution in [3.8, 4) is 0 Å². The van der Waals surface area contributed by atoms with E-state index >= 15 is 0 Å². The highest BCUT2D eigenvalue weighted by Gasteiger charge is 2.06. The molecule has 2 N–H and O–H groups in total. The van der Waals surface area contributed by atoms with Gasteiger partial charge in [0.2, 0.25) is 5.91 Å². The summed E-state index contributed by atoms with van der Waals surface area (Å²) in [6.07, 6.45) is 4.04. The van der Waals surface area contributed by atoms with Gasteiger partial charge in [-0.2, -0.15) is 0 Å². The quantitative estimate of drug-likeness (QED) is 0.723. The number of aryl methyl sites for hydroxylation is 1. The lowest BCUT2D eigenvalue weighted by atomic mass is 10.2. The zero-order chi connectivity index (χ0) is 16.9. The predicted molar refractivity (Wildman–Crippen MR) is 97.1 cm³/mol. The zero-order valence-corrected chi connectivity index (χ0v) is 14.2. The van der Waals surface area contributed by atoms with E-state index in [2.05, 4.69) is 10.3 Å². The van der Waals surface area contributed by atoms with Gasteiger partial charge >= 0.3 is 0 Å². The molecule has 24 heavy (non-hydrogen) atoms. The highest BCUT2D eigenvalue weighted by molar-refractivity contribution is 7.99. The van der Waals surface area contributed by atoms with Crippen LogP contribution in [0.5, 0.6) is 0 Å². The van der Waals surface area contributed by atoms with Gasteiger partial charge in [0.1, 0.15) is 5.65 Å². The number of anilines is 1. The van der Waals surface area contributed by atoms with Gasteiger partial charge in [-0.25, -0.2) is 4.98 Å². The molecule has 124 valence electrons. The largest absolute Gasteiger partial charge is 0.392 e. The van der Waals surface area contributed by atoms with E-state index in [1.165, 1.54) is 17.3 Å². The molecule has 0 aliphatic heterocycles. The van der Waals surface area contributed by atoms with Gasteiger partial charge in [-0.05, 0) is 36.2 Å². The number of fused-ring (bicyclic) bond motifs is 1. The summed E-state index contributed by atoms with van der Waals surface area (Å²) in [6.45, 7) is 2.01. The van der Waals surface area contributed by atoms with Crippen LogP contribution in [0.3, 0.4) is 0 Å². The number of benzene rings is 1. The number of thioether (sulfide) groups is 1. The SMILES string of the molecule is Cc1ccc2nc(CSCC(=O)Nc3cccc(CO)c3)cn2c1. The van der Waals surface area contributed by atoms with Gasteiger partial charge in [-0.3, -0.25) is 4.79 Å². The molecule has 5 nitrogen and oxygen atoms in total. The average Bonchev–Trinajstić information content (AvgIpc) is 2.96. The maximum Gasteiger partial charge on any atom is 0.234 e. The standard InChI is InChI=1S/C18H19N3O2S/c1-13-5-6-17-19-16(9-21(17)8-13)11-24-12-18(23)20-15-4-2-3-14(7-15)10-22/h2-9,22H,10-12H2,1H3,(H,20,23). The van der Waals surface area contributed by atoms with Crippen LogP contribution < -0.4 is 5.32 Å². The van der Waals surface area contributed by atoms with E-state index in [1.807, 2.05) is 54.0 Å². The van der Waals surface area contributed by atoms with Crippen LogP contribution >= 0.6 is 11.8 Å². The van der Waals surface area contributed by atoms with Crippen LogP contribution in [-0.4, -0.2) is 26.2 Å². The Bertz CT molecular complexity index is 860. The molecule has 0 atom stereocenters. The van der Waals surface area contributed by atoms with Crippen molar-refractivity contribution in [2.24, 2.45) is 0 Å². The van der Waals surface area contributed by atoms with Gasteiger partial charge < -0.3 is 14.8 Å². The summed E-state index contributed by atoms with van der Waals surface area (Å²) in [5, 5.41) is 12.0.